The van der Waals surface area contributed by atoms with Crippen LogP contribution in [0.3, 0.4) is 0 Å². The number of anilines is 1. The van der Waals surface area contributed by atoms with E-state index in [1.807, 2.05) is 58.0 Å². The van der Waals surface area contributed by atoms with Crippen LogP contribution in [0, 0.1) is 20.8 Å². The van der Waals surface area contributed by atoms with E-state index in [1.165, 1.54) is 4.90 Å². The fourth-order valence-corrected chi connectivity index (χ4v) is 4.63. The van der Waals surface area contributed by atoms with Crippen molar-refractivity contribution in [2.45, 2.75) is 60.0 Å². The van der Waals surface area contributed by atoms with Crippen molar-refractivity contribution in [2.75, 3.05) is 23.7 Å². The molecular weight excluding hydrogens is 450 g/mol. The number of hydrogen-bond acceptors (Lipinski definition) is 4. The van der Waals surface area contributed by atoms with Gasteiger partial charge in [0.25, 0.3) is 0 Å². The highest BCUT2D eigenvalue weighted by atomic mass is 32.2. The highest BCUT2D eigenvalue weighted by molar-refractivity contribution is 7.92. The molecule has 186 valence electrons. The van der Waals surface area contributed by atoms with Crippen LogP contribution in [0.1, 0.15) is 48.9 Å². The van der Waals surface area contributed by atoms with Crippen LogP contribution in [-0.2, 0) is 26.2 Å². The lowest BCUT2D eigenvalue weighted by molar-refractivity contribution is -0.139. The van der Waals surface area contributed by atoms with Gasteiger partial charge in [0.2, 0.25) is 21.8 Å². The fourth-order valence-electron chi connectivity index (χ4n) is 3.80. The first-order valence-electron chi connectivity index (χ1n) is 11.6. The smallest absolute Gasteiger partial charge is 0.244 e. The molecule has 0 unspecified atom stereocenters. The van der Waals surface area contributed by atoms with Crippen molar-refractivity contribution in [3.05, 3.63) is 64.7 Å². The molecule has 0 bridgehead atoms. The molecule has 8 heteroatoms. The Hall–Kier alpha value is -2.87. The van der Waals surface area contributed by atoms with E-state index < -0.39 is 22.0 Å². The Labute approximate surface area is 204 Å². The zero-order chi connectivity index (χ0) is 25.5. The maximum atomic E-state index is 13.6. The molecule has 1 atom stereocenters. The molecule has 0 fully saturated rings. The predicted molar refractivity (Wildman–Crippen MR) is 137 cm³/mol. The van der Waals surface area contributed by atoms with Gasteiger partial charge < -0.3 is 10.2 Å². The summed E-state index contributed by atoms with van der Waals surface area (Å²) in [5, 5.41) is 2.88. The molecule has 0 saturated carbocycles. The van der Waals surface area contributed by atoms with Gasteiger partial charge in [-0.1, -0.05) is 43.7 Å². The third-order valence-corrected chi connectivity index (χ3v) is 6.91. The molecule has 34 heavy (non-hydrogen) atoms. The first-order valence-corrected chi connectivity index (χ1v) is 13.5. The van der Waals surface area contributed by atoms with E-state index >= 15 is 0 Å². The number of amides is 2. The second kappa shape index (κ2) is 12.0. The Morgan fingerprint density at radius 3 is 2.21 bits per heavy atom. The van der Waals surface area contributed by atoms with Crippen LogP contribution >= 0.6 is 0 Å². The van der Waals surface area contributed by atoms with Crippen LogP contribution in [0.5, 0.6) is 0 Å². The normalized spacial score (nSPS) is 12.2. The molecule has 2 aromatic rings. The van der Waals surface area contributed by atoms with Gasteiger partial charge in [-0.2, -0.15) is 0 Å². The third-order valence-electron chi connectivity index (χ3n) is 5.77. The Morgan fingerprint density at radius 1 is 1.03 bits per heavy atom. The van der Waals surface area contributed by atoms with Crippen LogP contribution in [0.25, 0.3) is 0 Å². The summed E-state index contributed by atoms with van der Waals surface area (Å²) in [5.41, 5.74) is 4.13. The first-order chi connectivity index (χ1) is 15.9. The maximum absolute atomic E-state index is 13.6. The lowest BCUT2D eigenvalue weighted by Crippen LogP contribution is -2.51. The summed E-state index contributed by atoms with van der Waals surface area (Å²) in [6.07, 6.45) is 2.88. The number of benzene rings is 2. The zero-order valence-corrected chi connectivity index (χ0v) is 21.9. The van der Waals surface area contributed by atoms with Crippen molar-refractivity contribution in [2.24, 2.45) is 0 Å². The second-order valence-corrected chi connectivity index (χ2v) is 10.8. The predicted octanol–water partition coefficient (Wildman–Crippen LogP) is 3.71. The van der Waals surface area contributed by atoms with E-state index in [0.717, 1.165) is 45.7 Å². The number of unbranched alkanes of at least 4 members (excludes halogenated alkanes) is 1. The molecule has 0 aliphatic carbocycles. The minimum atomic E-state index is -3.74. The van der Waals surface area contributed by atoms with Crippen molar-refractivity contribution in [3.63, 3.8) is 0 Å². The third kappa shape index (κ3) is 7.58. The molecule has 1 N–H and O–H groups in total. The summed E-state index contributed by atoms with van der Waals surface area (Å²) >= 11 is 0. The molecule has 0 heterocycles. The Kier molecular flexibility index (Phi) is 9.67. The van der Waals surface area contributed by atoms with Crippen LogP contribution < -0.4 is 9.62 Å². The van der Waals surface area contributed by atoms with Gasteiger partial charge in [-0.3, -0.25) is 13.9 Å². The van der Waals surface area contributed by atoms with Crippen LogP contribution in [-0.4, -0.2) is 50.5 Å². The number of rotatable bonds is 11. The molecule has 2 amide bonds. The van der Waals surface area contributed by atoms with Gasteiger partial charge >= 0.3 is 0 Å². The highest BCUT2D eigenvalue weighted by Gasteiger charge is 2.30. The number of carbonyl (C=O) groups is 2. The fraction of sp³-hybridized carbons (Fsp3) is 0.462. The number of nitrogens with zero attached hydrogens (tertiary/aromatic N) is 2. The van der Waals surface area contributed by atoms with Crippen molar-refractivity contribution in [1.82, 2.24) is 10.2 Å². The van der Waals surface area contributed by atoms with E-state index in [9.17, 15) is 18.0 Å². The van der Waals surface area contributed by atoms with Gasteiger partial charge in [-0.25, -0.2) is 8.42 Å². The van der Waals surface area contributed by atoms with E-state index in [4.69, 9.17) is 0 Å². The largest absolute Gasteiger partial charge is 0.354 e. The lowest BCUT2D eigenvalue weighted by Gasteiger charge is -2.32. The number of carbonyl (C=O) groups excluding carboxylic acids is 2. The van der Waals surface area contributed by atoms with Crippen LogP contribution in [0.15, 0.2) is 42.5 Å². The molecule has 0 aliphatic heterocycles. The van der Waals surface area contributed by atoms with Gasteiger partial charge in [0.15, 0.2) is 0 Å². The number of aryl methyl sites for hydroxylation is 3. The Morgan fingerprint density at radius 2 is 1.65 bits per heavy atom. The average molecular weight is 488 g/mol. The monoisotopic (exact) mass is 487 g/mol. The summed E-state index contributed by atoms with van der Waals surface area (Å²) in [7, 11) is -3.74. The quantitative estimate of drug-likeness (QED) is 0.490. The number of nitrogens with one attached hydrogen (secondary N) is 1. The van der Waals surface area contributed by atoms with Crippen molar-refractivity contribution < 1.29 is 18.0 Å². The molecule has 0 radical (unpaired) electrons. The second-order valence-electron chi connectivity index (χ2n) is 8.88. The molecule has 7 nitrogen and oxygen atoms in total. The Balaban J connectivity index is 2.39. The number of sulfonamides is 1. The molecule has 0 saturated heterocycles. The van der Waals surface area contributed by atoms with Crippen LogP contribution in [0.2, 0.25) is 0 Å². The molecule has 2 aromatic carbocycles. The van der Waals surface area contributed by atoms with Crippen molar-refractivity contribution in [1.29, 1.82) is 0 Å². The van der Waals surface area contributed by atoms with Gasteiger partial charge in [0.1, 0.15) is 12.6 Å². The van der Waals surface area contributed by atoms with E-state index in [1.54, 1.807) is 19.1 Å². The van der Waals surface area contributed by atoms with E-state index in [-0.39, 0.29) is 19.0 Å². The number of hydrogen-bond donors (Lipinski definition) is 1. The van der Waals surface area contributed by atoms with Gasteiger partial charge in [0, 0.05) is 13.1 Å². The van der Waals surface area contributed by atoms with Crippen LogP contribution in [0.4, 0.5) is 5.69 Å². The summed E-state index contributed by atoms with van der Waals surface area (Å²) in [6.45, 7) is 9.78. The topological polar surface area (TPSA) is 86.8 Å². The summed E-state index contributed by atoms with van der Waals surface area (Å²) < 4.78 is 26.5. The SMILES string of the molecule is CCCCNC(=O)[C@H](C)N(Cc1ccccc1C)C(=O)CN(c1cc(C)cc(C)c1)S(C)(=O)=O. The van der Waals surface area contributed by atoms with Crippen molar-refractivity contribution >= 4 is 27.5 Å². The molecule has 0 aromatic heterocycles. The minimum absolute atomic E-state index is 0.207. The lowest BCUT2D eigenvalue weighted by atomic mass is 10.1. The zero-order valence-electron chi connectivity index (χ0n) is 21.1. The summed E-state index contributed by atoms with van der Waals surface area (Å²) in [4.78, 5) is 27.9. The maximum Gasteiger partial charge on any atom is 0.244 e. The molecule has 0 spiro atoms. The molecule has 0 aliphatic rings. The first kappa shape index (κ1) is 27.4. The summed E-state index contributed by atoms with van der Waals surface area (Å²) in [5.74, 6) is -0.696. The standard InChI is InChI=1S/C26H37N3O4S/c1-7-8-13-27-26(31)22(5)28(17-23-12-10-9-11-21(23)4)25(30)18-29(34(6,32)33)24-15-19(2)14-20(3)16-24/h9-12,14-16,22H,7-8,13,17-18H2,1-6H3,(H,27,31)/t22-/m0/s1. The van der Waals surface area contributed by atoms with E-state index in [2.05, 4.69) is 5.32 Å². The van der Waals surface area contributed by atoms with Gasteiger partial charge in [0.05, 0.1) is 11.9 Å². The highest BCUT2D eigenvalue weighted by Crippen LogP contribution is 2.22. The van der Waals surface area contributed by atoms with Crippen molar-refractivity contribution in [3.8, 4) is 0 Å². The average Bonchev–Trinajstić information content (AvgIpc) is 2.74. The van der Waals surface area contributed by atoms with E-state index in [0.29, 0.717) is 12.2 Å². The van der Waals surface area contributed by atoms with Gasteiger partial charge in [-0.15, -0.1) is 0 Å². The molecular formula is C26H37N3O4S. The molecule has 2 rings (SSSR count). The minimum Gasteiger partial charge on any atom is -0.354 e. The van der Waals surface area contributed by atoms with Gasteiger partial charge in [-0.05, 0) is 68.5 Å². The Bertz CT molecular complexity index is 1090. The summed E-state index contributed by atoms with van der Waals surface area (Å²) in [6, 6.07) is 12.3.